The third kappa shape index (κ3) is 2.30. The van der Waals surface area contributed by atoms with Crippen molar-refractivity contribution in [3.8, 4) is 0 Å². The first-order valence-electron chi connectivity index (χ1n) is 6.57. The number of ether oxygens (including phenoxy) is 1. The molecule has 1 aromatic carbocycles. The van der Waals surface area contributed by atoms with Crippen molar-refractivity contribution in [2.24, 2.45) is 5.73 Å². The number of morpholine rings is 1. The Morgan fingerprint density at radius 2 is 2.35 bits per heavy atom. The van der Waals surface area contributed by atoms with E-state index in [1.54, 1.807) is 11.3 Å². The van der Waals surface area contributed by atoms with E-state index in [4.69, 9.17) is 15.5 Å². The number of primary amides is 1. The topological polar surface area (TPSA) is 68.4 Å². The summed E-state index contributed by atoms with van der Waals surface area (Å²) in [4.78, 5) is 18.1. The first-order valence-corrected chi connectivity index (χ1v) is 7.38. The van der Waals surface area contributed by atoms with Crippen molar-refractivity contribution >= 4 is 27.5 Å². The minimum atomic E-state index is -0.392. The van der Waals surface area contributed by atoms with Crippen LogP contribution in [0.4, 0.5) is 0 Å². The van der Waals surface area contributed by atoms with Crippen LogP contribution < -0.4 is 5.73 Å². The van der Waals surface area contributed by atoms with Gasteiger partial charge in [0.25, 0.3) is 0 Å². The van der Waals surface area contributed by atoms with E-state index in [2.05, 4.69) is 17.9 Å². The van der Waals surface area contributed by atoms with E-state index in [-0.39, 0.29) is 12.5 Å². The Hall–Kier alpha value is -1.50. The van der Waals surface area contributed by atoms with Gasteiger partial charge in [0.2, 0.25) is 5.91 Å². The van der Waals surface area contributed by atoms with Crippen LogP contribution in [0.1, 0.15) is 11.9 Å². The number of fused-ring (bicyclic) bond motifs is 1. The maximum atomic E-state index is 11.3. The number of amides is 1. The molecule has 2 aromatic rings. The van der Waals surface area contributed by atoms with E-state index in [1.165, 1.54) is 0 Å². The summed E-state index contributed by atoms with van der Waals surface area (Å²) in [5.41, 5.74) is 5.95. The highest BCUT2D eigenvalue weighted by atomic mass is 32.1. The number of aromatic nitrogens is 1. The Labute approximate surface area is 121 Å². The van der Waals surface area contributed by atoms with Crippen LogP contribution in [0.15, 0.2) is 24.3 Å². The number of carbonyl (C=O) groups excluding carboxylic acids is 1. The molecule has 1 atom stereocenters. The number of carbonyl (C=O) groups is 1. The molecule has 20 heavy (non-hydrogen) atoms. The van der Waals surface area contributed by atoms with Crippen LogP contribution in [0.25, 0.3) is 10.2 Å². The van der Waals surface area contributed by atoms with Crippen molar-refractivity contribution in [2.45, 2.75) is 12.5 Å². The predicted molar refractivity (Wildman–Crippen MR) is 78.6 cm³/mol. The largest absolute Gasteiger partial charge is 0.378 e. The van der Waals surface area contributed by atoms with E-state index >= 15 is 0 Å². The van der Waals surface area contributed by atoms with Crippen molar-refractivity contribution in [2.75, 3.05) is 26.3 Å². The summed E-state index contributed by atoms with van der Waals surface area (Å²) >= 11 is 1.65. The normalized spacial score (nSPS) is 24.1. The van der Waals surface area contributed by atoms with Crippen LogP contribution in [0.3, 0.4) is 0 Å². The van der Waals surface area contributed by atoms with Crippen LogP contribution in [0.2, 0.25) is 0 Å². The third-order valence-electron chi connectivity index (χ3n) is 3.69. The Morgan fingerprint density at radius 3 is 3.10 bits per heavy atom. The number of hydrogen-bond acceptors (Lipinski definition) is 5. The van der Waals surface area contributed by atoms with Crippen LogP contribution in [0.5, 0.6) is 0 Å². The third-order valence-corrected chi connectivity index (χ3v) is 4.98. The smallest absolute Gasteiger partial charge is 0.231 e. The van der Waals surface area contributed by atoms with Crippen molar-refractivity contribution in [1.82, 2.24) is 9.88 Å². The molecule has 5 nitrogen and oxygen atoms in total. The molecule has 106 valence electrons. The summed E-state index contributed by atoms with van der Waals surface area (Å²) in [6.07, 6.45) is 0. The number of benzene rings is 1. The Balaban J connectivity index is 2.00. The second-order valence-electron chi connectivity index (χ2n) is 5.20. The summed E-state index contributed by atoms with van der Waals surface area (Å²) in [6, 6.07) is 8.04. The zero-order valence-electron chi connectivity index (χ0n) is 11.3. The van der Waals surface area contributed by atoms with E-state index < -0.39 is 5.54 Å². The van der Waals surface area contributed by atoms with Crippen molar-refractivity contribution in [3.63, 3.8) is 0 Å². The standard InChI is InChI=1S/C14H17N3O2S/c1-14(9-19-7-6-17(14)8-12(15)18)13-16-10-4-2-3-5-11(10)20-13/h2-5H,6-9H2,1H3,(H2,15,18)/t14-/m0/s1. The van der Waals surface area contributed by atoms with Crippen LogP contribution in [-0.2, 0) is 15.1 Å². The lowest BCUT2D eigenvalue weighted by atomic mass is 10.0. The zero-order chi connectivity index (χ0) is 14.2. The van der Waals surface area contributed by atoms with E-state index in [1.807, 2.05) is 18.2 Å². The van der Waals surface area contributed by atoms with Crippen molar-refractivity contribution < 1.29 is 9.53 Å². The fourth-order valence-electron chi connectivity index (χ4n) is 2.52. The van der Waals surface area contributed by atoms with Crippen LogP contribution in [-0.4, -0.2) is 42.1 Å². The van der Waals surface area contributed by atoms with Gasteiger partial charge < -0.3 is 10.5 Å². The highest BCUT2D eigenvalue weighted by Crippen LogP contribution is 2.36. The van der Waals surface area contributed by atoms with Crippen LogP contribution in [0, 0.1) is 0 Å². The quantitative estimate of drug-likeness (QED) is 0.926. The Kier molecular flexibility index (Phi) is 3.45. The van der Waals surface area contributed by atoms with Gasteiger partial charge in [-0.1, -0.05) is 12.1 Å². The first-order chi connectivity index (χ1) is 9.59. The van der Waals surface area contributed by atoms with Crippen LogP contribution >= 0.6 is 11.3 Å². The van der Waals surface area contributed by atoms with Crippen molar-refractivity contribution in [1.29, 1.82) is 0 Å². The lowest BCUT2D eigenvalue weighted by molar-refractivity contribution is -0.125. The van der Waals surface area contributed by atoms with Gasteiger partial charge in [0.05, 0.1) is 35.5 Å². The molecule has 1 saturated heterocycles. The fourth-order valence-corrected chi connectivity index (χ4v) is 3.65. The monoisotopic (exact) mass is 291 g/mol. The van der Waals surface area contributed by atoms with Gasteiger partial charge in [0, 0.05) is 6.54 Å². The minimum absolute atomic E-state index is 0.232. The van der Waals surface area contributed by atoms with Crippen molar-refractivity contribution in [3.05, 3.63) is 29.3 Å². The van der Waals surface area contributed by atoms with Gasteiger partial charge in [-0.05, 0) is 19.1 Å². The molecule has 0 spiro atoms. The van der Waals surface area contributed by atoms with Gasteiger partial charge in [0.1, 0.15) is 5.01 Å². The molecule has 3 rings (SSSR count). The molecule has 0 saturated carbocycles. The van der Waals surface area contributed by atoms with E-state index in [0.717, 1.165) is 15.2 Å². The SMILES string of the molecule is C[C@@]1(c2nc3ccccc3s2)COCCN1CC(N)=O. The second-order valence-corrected chi connectivity index (χ2v) is 6.23. The number of nitrogens with zero attached hydrogens (tertiary/aromatic N) is 2. The molecule has 1 aliphatic heterocycles. The maximum absolute atomic E-state index is 11.3. The molecule has 2 heterocycles. The fraction of sp³-hybridized carbons (Fsp3) is 0.429. The molecule has 0 aliphatic carbocycles. The summed E-state index contributed by atoms with van der Waals surface area (Å²) < 4.78 is 6.77. The molecule has 1 aliphatic rings. The molecule has 0 unspecified atom stereocenters. The van der Waals surface area contributed by atoms with Gasteiger partial charge in [-0.2, -0.15) is 0 Å². The summed E-state index contributed by atoms with van der Waals surface area (Å²) in [6.45, 7) is 4.13. The molecule has 0 bridgehead atoms. The minimum Gasteiger partial charge on any atom is -0.378 e. The Bertz CT molecular complexity index is 609. The molecule has 0 radical (unpaired) electrons. The van der Waals surface area contributed by atoms with Gasteiger partial charge in [-0.15, -0.1) is 11.3 Å². The summed E-state index contributed by atoms with van der Waals surface area (Å²) in [7, 11) is 0. The number of hydrogen-bond donors (Lipinski definition) is 1. The average Bonchev–Trinajstić information content (AvgIpc) is 2.85. The highest BCUT2D eigenvalue weighted by molar-refractivity contribution is 7.18. The molecule has 1 fully saturated rings. The number of nitrogens with two attached hydrogens (primary N) is 1. The number of para-hydroxylation sites is 1. The lowest BCUT2D eigenvalue weighted by Gasteiger charge is -2.42. The summed E-state index contributed by atoms with van der Waals surface area (Å²) in [5, 5.41) is 0.972. The molecular weight excluding hydrogens is 274 g/mol. The molecular formula is C14H17N3O2S. The number of rotatable bonds is 3. The molecule has 1 amide bonds. The lowest BCUT2D eigenvalue weighted by Crippen LogP contribution is -2.55. The highest BCUT2D eigenvalue weighted by Gasteiger charge is 2.40. The average molecular weight is 291 g/mol. The summed E-state index contributed by atoms with van der Waals surface area (Å²) in [5.74, 6) is -0.320. The molecule has 2 N–H and O–H groups in total. The molecule has 1 aromatic heterocycles. The van der Waals surface area contributed by atoms with Gasteiger partial charge >= 0.3 is 0 Å². The Morgan fingerprint density at radius 1 is 1.55 bits per heavy atom. The van der Waals surface area contributed by atoms with E-state index in [9.17, 15) is 4.79 Å². The maximum Gasteiger partial charge on any atom is 0.231 e. The zero-order valence-corrected chi connectivity index (χ0v) is 12.2. The second kappa shape index (κ2) is 5.12. The first kappa shape index (κ1) is 13.5. The molecule has 6 heteroatoms. The predicted octanol–water partition coefficient (Wildman–Crippen LogP) is 1.33. The number of thiazole rings is 1. The van der Waals surface area contributed by atoms with Gasteiger partial charge in [-0.25, -0.2) is 4.98 Å². The van der Waals surface area contributed by atoms with E-state index in [0.29, 0.717) is 19.8 Å². The van der Waals surface area contributed by atoms with Gasteiger partial charge in [0.15, 0.2) is 0 Å². The van der Waals surface area contributed by atoms with Gasteiger partial charge in [-0.3, -0.25) is 9.69 Å².